The Hall–Kier alpha value is -5.52. The van der Waals surface area contributed by atoms with Gasteiger partial charge in [0.15, 0.2) is 11.5 Å². The van der Waals surface area contributed by atoms with Gasteiger partial charge in [-0.2, -0.15) is 13.1 Å². The van der Waals surface area contributed by atoms with E-state index in [1.807, 2.05) is 0 Å². The first-order valence-electron chi connectivity index (χ1n) is 13.5. The number of carbonyl (C=O) groups excluding carboxylic acids is 2. The highest BCUT2D eigenvalue weighted by atomic mass is 32.2. The van der Waals surface area contributed by atoms with E-state index in [1.165, 1.54) is 26.4 Å². The van der Waals surface area contributed by atoms with Gasteiger partial charge in [-0.1, -0.05) is 31.0 Å². The molecule has 0 fully saturated rings. The van der Waals surface area contributed by atoms with E-state index in [-0.39, 0.29) is 46.1 Å². The Balaban J connectivity index is 1.56. The summed E-state index contributed by atoms with van der Waals surface area (Å²) in [5.41, 5.74) is 1.24. The molecule has 0 unspecified atom stereocenters. The van der Waals surface area contributed by atoms with Gasteiger partial charge in [0.25, 0.3) is 27.6 Å². The van der Waals surface area contributed by atoms with Crippen molar-refractivity contribution < 1.29 is 18.0 Å². The molecular formula is C30H26N8O5S. The highest BCUT2D eigenvalue weighted by molar-refractivity contribution is 7.90. The molecule has 2 aromatic carbocycles. The van der Waals surface area contributed by atoms with Crippen LogP contribution in [-0.2, 0) is 10.2 Å². The van der Waals surface area contributed by atoms with Gasteiger partial charge in [0.2, 0.25) is 0 Å². The van der Waals surface area contributed by atoms with Crippen LogP contribution in [0.25, 0.3) is 22.1 Å². The van der Waals surface area contributed by atoms with E-state index in [0.717, 1.165) is 0 Å². The summed E-state index contributed by atoms with van der Waals surface area (Å²) in [5, 5.41) is 7.69. The number of para-hydroxylation sites is 1. The van der Waals surface area contributed by atoms with Crippen molar-refractivity contribution in [3.63, 3.8) is 0 Å². The Labute approximate surface area is 251 Å². The molecule has 0 radical (unpaired) electrons. The Bertz CT molecular complexity index is 2220. The largest absolute Gasteiger partial charge is 0.344 e. The molecule has 0 bridgehead atoms. The summed E-state index contributed by atoms with van der Waals surface area (Å²) < 4.78 is 32.3. The third-order valence-corrected chi connectivity index (χ3v) is 8.47. The Morgan fingerprint density at radius 2 is 1.84 bits per heavy atom. The molecule has 5 aromatic rings. The molecule has 2 amide bonds. The molecule has 222 valence electrons. The number of benzene rings is 2. The molecule has 1 atom stereocenters. The van der Waals surface area contributed by atoms with Gasteiger partial charge >= 0.3 is 0 Å². The summed E-state index contributed by atoms with van der Waals surface area (Å²) >= 11 is 0. The Morgan fingerprint density at radius 3 is 2.55 bits per heavy atom. The lowest BCUT2D eigenvalue weighted by Crippen LogP contribution is -2.35. The fourth-order valence-electron chi connectivity index (χ4n) is 5.52. The number of aromatic nitrogens is 4. The molecule has 6 rings (SSSR count). The van der Waals surface area contributed by atoms with Gasteiger partial charge in [-0.25, -0.2) is 9.50 Å². The molecule has 4 heterocycles. The maximum atomic E-state index is 14.3. The van der Waals surface area contributed by atoms with E-state index in [0.29, 0.717) is 22.3 Å². The number of rotatable bonds is 8. The first-order valence-corrected chi connectivity index (χ1v) is 15.0. The number of hydrogen-bond donors (Lipinski definition) is 3. The maximum Gasteiger partial charge on any atom is 0.300 e. The number of anilines is 2. The van der Waals surface area contributed by atoms with Crippen molar-refractivity contribution in [3.05, 3.63) is 93.7 Å². The quantitative estimate of drug-likeness (QED) is 0.228. The number of nitrogens with one attached hydrogen (secondary N) is 3. The number of hydrogen-bond acceptors (Lipinski definition) is 7. The fourth-order valence-corrected chi connectivity index (χ4v) is 6.37. The molecule has 3 N–H and O–H groups in total. The van der Waals surface area contributed by atoms with Gasteiger partial charge in [-0.15, -0.1) is 11.5 Å². The zero-order chi connectivity index (χ0) is 31.3. The second kappa shape index (κ2) is 10.6. The van der Waals surface area contributed by atoms with Crippen molar-refractivity contribution in [2.75, 3.05) is 23.2 Å². The lowest BCUT2D eigenvalue weighted by Gasteiger charge is -2.23. The van der Waals surface area contributed by atoms with Crippen molar-refractivity contribution in [2.45, 2.75) is 19.9 Å². The molecule has 0 saturated heterocycles. The second-order valence-corrected chi connectivity index (χ2v) is 11.5. The molecule has 13 nitrogen and oxygen atoms in total. The van der Waals surface area contributed by atoms with E-state index < -0.39 is 27.7 Å². The lowest BCUT2D eigenvalue weighted by atomic mass is 9.97. The molecular weight excluding hydrogens is 584 g/mol. The summed E-state index contributed by atoms with van der Waals surface area (Å²) in [6.07, 6.45) is 8.74. The van der Waals surface area contributed by atoms with Gasteiger partial charge in [-0.3, -0.25) is 23.7 Å². The topological polar surface area (TPSA) is 160 Å². The zero-order valence-corrected chi connectivity index (χ0v) is 24.6. The molecule has 0 spiro atoms. The van der Waals surface area contributed by atoms with Crippen LogP contribution in [-0.4, -0.2) is 53.0 Å². The first kappa shape index (κ1) is 28.6. The van der Waals surface area contributed by atoms with E-state index in [2.05, 4.69) is 30.8 Å². The minimum atomic E-state index is -4.06. The second-order valence-electron chi connectivity index (χ2n) is 10.0. The van der Waals surface area contributed by atoms with Crippen molar-refractivity contribution in [1.29, 1.82) is 0 Å². The van der Waals surface area contributed by atoms with Crippen molar-refractivity contribution in [3.8, 4) is 18.0 Å². The highest BCUT2D eigenvalue weighted by Crippen LogP contribution is 2.40. The minimum absolute atomic E-state index is 0.0895. The maximum absolute atomic E-state index is 14.3. The molecule has 1 aliphatic rings. The van der Waals surface area contributed by atoms with Crippen LogP contribution in [0.2, 0.25) is 0 Å². The highest BCUT2D eigenvalue weighted by Gasteiger charge is 2.37. The van der Waals surface area contributed by atoms with Crippen molar-refractivity contribution in [1.82, 2.24) is 29.2 Å². The molecule has 14 heteroatoms. The third kappa shape index (κ3) is 4.46. The summed E-state index contributed by atoms with van der Waals surface area (Å²) in [4.78, 5) is 47.7. The number of amides is 2. The van der Waals surface area contributed by atoms with Gasteiger partial charge in [0, 0.05) is 42.6 Å². The van der Waals surface area contributed by atoms with Crippen LogP contribution in [0.15, 0.2) is 65.7 Å². The molecule has 44 heavy (non-hydrogen) atoms. The van der Waals surface area contributed by atoms with Crippen LogP contribution in [0.5, 0.6) is 0 Å². The summed E-state index contributed by atoms with van der Waals surface area (Å²) in [6, 6.07) is 12.7. The normalized spacial score (nSPS) is 13.3. The van der Waals surface area contributed by atoms with Crippen LogP contribution in [0.1, 0.15) is 51.9 Å². The van der Waals surface area contributed by atoms with Gasteiger partial charge < -0.3 is 10.2 Å². The number of nitrogens with zero attached hydrogens (tertiary/aromatic N) is 5. The number of fused-ring (bicyclic) bond motifs is 1. The average Bonchev–Trinajstić information content (AvgIpc) is 3.48. The van der Waals surface area contributed by atoms with Crippen LogP contribution < -0.4 is 25.2 Å². The predicted octanol–water partition coefficient (Wildman–Crippen LogP) is 2.36. The van der Waals surface area contributed by atoms with E-state index in [9.17, 15) is 22.8 Å². The van der Waals surface area contributed by atoms with Gasteiger partial charge in [-0.05, 0) is 37.3 Å². The molecule has 3 aromatic heterocycles. The molecule has 1 aliphatic heterocycles. The van der Waals surface area contributed by atoms with Gasteiger partial charge in [0.05, 0.1) is 28.4 Å². The smallest absolute Gasteiger partial charge is 0.300 e. The minimum Gasteiger partial charge on any atom is -0.344 e. The fraction of sp³-hybridized carbons (Fsp3) is 0.167. The molecule has 0 aliphatic carbocycles. The lowest BCUT2D eigenvalue weighted by molar-refractivity contribution is 0.0935. The Kier molecular flexibility index (Phi) is 6.91. The van der Waals surface area contributed by atoms with E-state index >= 15 is 0 Å². The van der Waals surface area contributed by atoms with Crippen LogP contribution in [0, 0.1) is 12.3 Å². The van der Waals surface area contributed by atoms with E-state index in [4.69, 9.17) is 6.42 Å². The standard InChI is InChI=1S/C30H26N8O5S/c1-5-18-13-14-20-22-21(18)30(41)38(19-11-8-7-9-12-19)25(23(22)29(40)36(20)4)17(3)33-28(39)24-26(35-44(42,43)32-6-2)34-37-16-10-15-31-27(24)37/h1,7-17,32H,6H2,2-4H3,(H,33,39)(H,34,35)/t17-/m1/s1. The number of carbonyl (C=O) groups is 2. The monoisotopic (exact) mass is 610 g/mol. The van der Waals surface area contributed by atoms with Crippen LogP contribution in [0.3, 0.4) is 0 Å². The first-order chi connectivity index (χ1) is 21.1. The average molecular weight is 611 g/mol. The number of pyridine rings is 1. The Morgan fingerprint density at radius 1 is 1.09 bits per heavy atom. The zero-order valence-electron chi connectivity index (χ0n) is 23.8. The van der Waals surface area contributed by atoms with Crippen LogP contribution >= 0.6 is 0 Å². The SMILES string of the molecule is C#Cc1ccc2c3c(c([C@@H](C)NC(=O)c4c(NS(=O)(=O)NCC)nn5cccnc45)n(-c4ccccc4)c(=O)c13)C(=O)N2C. The van der Waals surface area contributed by atoms with Crippen molar-refractivity contribution in [2.24, 2.45) is 0 Å². The predicted molar refractivity (Wildman–Crippen MR) is 165 cm³/mol. The van der Waals surface area contributed by atoms with Gasteiger partial charge in [0.1, 0.15) is 5.56 Å². The molecule has 0 saturated carbocycles. The van der Waals surface area contributed by atoms with Crippen molar-refractivity contribution >= 4 is 49.9 Å². The summed E-state index contributed by atoms with van der Waals surface area (Å²) in [7, 11) is -2.46. The van der Waals surface area contributed by atoms with Crippen LogP contribution in [0.4, 0.5) is 11.5 Å². The van der Waals surface area contributed by atoms with E-state index in [1.54, 1.807) is 69.4 Å². The number of terminal acetylenes is 1. The third-order valence-electron chi connectivity index (χ3n) is 7.34. The summed E-state index contributed by atoms with van der Waals surface area (Å²) in [5.74, 6) is 1.19. The summed E-state index contributed by atoms with van der Waals surface area (Å²) in [6.45, 7) is 3.34.